The first-order valence-electron chi connectivity index (χ1n) is 13.1. The molecular weight excluding hydrogens is 502 g/mol. The van der Waals surface area contributed by atoms with Crippen LogP contribution in [0.5, 0.6) is 0 Å². The molecule has 1 unspecified atom stereocenters. The summed E-state index contributed by atoms with van der Waals surface area (Å²) in [6.07, 6.45) is 3.37. The van der Waals surface area contributed by atoms with Gasteiger partial charge in [0.15, 0.2) is 6.61 Å². The number of anilines is 1. The van der Waals surface area contributed by atoms with Crippen molar-refractivity contribution in [3.05, 3.63) is 57.1 Å². The minimum Gasteiger partial charge on any atom is -0.465 e. The average molecular weight is 536 g/mol. The lowest BCUT2D eigenvalue weighted by atomic mass is 9.88. The van der Waals surface area contributed by atoms with E-state index in [1.165, 1.54) is 18.4 Å². The number of carbonyl (C=O) groups is 3. The maximum Gasteiger partial charge on any atom is 0.341 e. The predicted molar refractivity (Wildman–Crippen MR) is 147 cm³/mol. The van der Waals surface area contributed by atoms with Crippen molar-refractivity contribution in [1.82, 2.24) is 9.88 Å². The fourth-order valence-electron chi connectivity index (χ4n) is 5.41. The Balaban J connectivity index is 1.37. The minimum absolute atomic E-state index is 0.327. The quantitative estimate of drug-likeness (QED) is 0.454. The Bertz CT molecular complexity index is 1410. The topological polar surface area (TPSA) is 97.8 Å². The van der Waals surface area contributed by atoms with Gasteiger partial charge in [-0.25, -0.2) is 9.59 Å². The van der Waals surface area contributed by atoms with E-state index >= 15 is 0 Å². The summed E-state index contributed by atoms with van der Waals surface area (Å²) in [6, 6.07) is 7.85. The van der Waals surface area contributed by atoms with Crippen LogP contribution >= 0.6 is 11.3 Å². The molecule has 38 heavy (non-hydrogen) atoms. The number of benzene rings is 1. The van der Waals surface area contributed by atoms with E-state index in [0.717, 1.165) is 64.8 Å². The molecule has 2 aliphatic rings. The smallest absolute Gasteiger partial charge is 0.341 e. The standard InChI is InChI=1S/C29H33N3O5S/c1-16(2)32-12-11-22-20(14-32)25(18-7-5-6-8-21(18)30-22)29(35)37-15-24(33)31-27-26(28(34)36-4)19-10-9-17(3)13-23(19)38-27/h5-8,16-17H,9-15H2,1-4H3,(H,31,33). The van der Waals surface area contributed by atoms with Gasteiger partial charge in [-0.15, -0.1) is 11.3 Å². The second-order valence-corrected chi connectivity index (χ2v) is 11.5. The molecule has 0 radical (unpaired) electrons. The molecule has 0 fully saturated rings. The summed E-state index contributed by atoms with van der Waals surface area (Å²) in [7, 11) is 1.34. The zero-order valence-corrected chi connectivity index (χ0v) is 23.1. The molecule has 5 rings (SSSR count). The summed E-state index contributed by atoms with van der Waals surface area (Å²) < 4.78 is 10.6. The lowest BCUT2D eigenvalue weighted by molar-refractivity contribution is -0.119. The number of fused-ring (bicyclic) bond motifs is 3. The third-order valence-electron chi connectivity index (χ3n) is 7.50. The first-order valence-corrected chi connectivity index (χ1v) is 13.9. The number of carbonyl (C=O) groups excluding carboxylic acids is 3. The van der Waals surface area contributed by atoms with Crippen LogP contribution in [0.3, 0.4) is 0 Å². The molecule has 2 aromatic heterocycles. The van der Waals surface area contributed by atoms with Crippen LogP contribution in [0.4, 0.5) is 5.00 Å². The molecule has 1 aromatic carbocycles. The highest BCUT2D eigenvalue weighted by Gasteiger charge is 2.30. The molecule has 1 amide bonds. The van der Waals surface area contributed by atoms with E-state index in [9.17, 15) is 14.4 Å². The highest BCUT2D eigenvalue weighted by Crippen LogP contribution is 2.40. The monoisotopic (exact) mass is 535 g/mol. The molecule has 1 N–H and O–H groups in total. The second-order valence-electron chi connectivity index (χ2n) is 10.4. The third kappa shape index (κ3) is 5.05. The molecule has 1 aliphatic heterocycles. The summed E-state index contributed by atoms with van der Waals surface area (Å²) in [5.74, 6) is -0.989. The van der Waals surface area contributed by atoms with Gasteiger partial charge in [-0.2, -0.15) is 0 Å². The molecule has 200 valence electrons. The van der Waals surface area contributed by atoms with Crippen LogP contribution in [0.2, 0.25) is 0 Å². The number of nitrogens with zero attached hydrogens (tertiary/aromatic N) is 2. The van der Waals surface area contributed by atoms with Crippen LogP contribution in [0, 0.1) is 5.92 Å². The number of nitrogens with one attached hydrogen (secondary N) is 1. The molecule has 9 heteroatoms. The summed E-state index contributed by atoms with van der Waals surface area (Å²) in [6.45, 7) is 7.46. The molecule has 1 atom stereocenters. The minimum atomic E-state index is -0.548. The van der Waals surface area contributed by atoms with Gasteiger partial charge < -0.3 is 14.8 Å². The number of hydrogen-bond acceptors (Lipinski definition) is 8. The van der Waals surface area contributed by atoms with Crippen molar-refractivity contribution in [1.29, 1.82) is 0 Å². The van der Waals surface area contributed by atoms with Crippen molar-refractivity contribution >= 4 is 45.1 Å². The van der Waals surface area contributed by atoms with E-state index in [4.69, 9.17) is 14.5 Å². The molecule has 8 nitrogen and oxygen atoms in total. The summed E-state index contributed by atoms with van der Waals surface area (Å²) in [5.41, 5.74) is 4.35. The first-order chi connectivity index (χ1) is 18.3. The van der Waals surface area contributed by atoms with Crippen LogP contribution < -0.4 is 5.32 Å². The molecule has 0 saturated heterocycles. The lowest BCUT2D eigenvalue weighted by Crippen LogP contribution is -2.37. The fraction of sp³-hybridized carbons (Fsp3) is 0.448. The van der Waals surface area contributed by atoms with Gasteiger partial charge in [0.1, 0.15) is 5.00 Å². The van der Waals surface area contributed by atoms with Crippen LogP contribution in [0.25, 0.3) is 10.9 Å². The predicted octanol–water partition coefficient (Wildman–Crippen LogP) is 4.77. The van der Waals surface area contributed by atoms with Gasteiger partial charge >= 0.3 is 11.9 Å². The van der Waals surface area contributed by atoms with Gasteiger partial charge in [0.25, 0.3) is 5.91 Å². The number of ether oxygens (including phenoxy) is 2. The number of para-hydroxylation sites is 1. The highest BCUT2D eigenvalue weighted by atomic mass is 32.1. The van der Waals surface area contributed by atoms with E-state index in [1.807, 2.05) is 24.3 Å². The van der Waals surface area contributed by atoms with E-state index in [1.54, 1.807) is 0 Å². The van der Waals surface area contributed by atoms with Crippen LogP contribution in [-0.4, -0.2) is 54.0 Å². The molecule has 3 heterocycles. The van der Waals surface area contributed by atoms with Gasteiger partial charge in [-0.1, -0.05) is 25.1 Å². The number of esters is 2. The Kier molecular flexibility index (Phi) is 7.49. The van der Waals surface area contributed by atoms with Gasteiger partial charge in [-0.3, -0.25) is 14.7 Å². The normalized spacial score (nSPS) is 17.1. The van der Waals surface area contributed by atoms with E-state index < -0.39 is 24.5 Å². The highest BCUT2D eigenvalue weighted by molar-refractivity contribution is 7.17. The molecule has 0 saturated carbocycles. The van der Waals surface area contributed by atoms with Crippen LogP contribution in [0.15, 0.2) is 24.3 Å². The van der Waals surface area contributed by atoms with Gasteiger partial charge in [0.05, 0.1) is 23.8 Å². The van der Waals surface area contributed by atoms with E-state index in [0.29, 0.717) is 34.6 Å². The van der Waals surface area contributed by atoms with Crippen LogP contribution in [-0.2, 0) is 40.1 Å². The number of hydrogen-bond donors (Lipinski definition) is 1. The van der Waals surface area contributed by atoms with E-state index in [2.05, 4.69) is 31.0 Å². The number of methoxy groups -OCH3 is 1. The van der Waals surface area contributed by atoms with Crippen molar-refractivity contribution < 1.29 is 23.9 Å². The molecule has 1 aliphatic carbocycles. The summed E-state index contributed by atoms with van der Waals surface area (Å²) in [5, 5.41) is 3.98. The Morgan fingerprint density at radius 2 is 1.92 bits per heavy atom. The van der Waals surface area contributed by atoms with Crippen molar-refractivity contribution in [2.45, 2.75) is 59.0 Å². The molecule has 0 bridgehead atoms. The number of rotatable bonds is 6. The number of amides is 1. The van der Waals surface area contributed by atoms with Crippen LogP contribution in [0.1, 0.15) is 69.6 Å². The average Bonchev–Trinajstić information content (AvgIpc) is 3.26. The molecular formula is C29H33N3O5S. The molecule has 0 spiro atoms. The maximum atomic E-state index is 13.5. The third-order valence-corrected chi connectivity index (χ3v) is 8.67. The SMILES string of the molecule is COC(=O)c1c(NC(=O)COC(=O)c2c3c(nc4ccccc24)CCN(C(C)C)C3)sc2c1CCC(C)C2. The van der Waals surface area contributed by atoms with Crippen molar-refractivity contribution in [2.75, 3.05) is 25.6 Å². The summed E-state index contributed by atoms with van der Waals surface area (Å²) >= 11 is 1.40. The van der Waals surface area contributed by atoms with Crippen molar-refractivity contribution in [3.63, 3.8) is 0 Å². The van der Waals surface area contributed by atoms with Gasteiger partial charge in [0.2, 0.25) is 0 Å². The van der Waals surface area contributed by atoms with Crippen molar-refractivity contribution in [2.24, 2.45) is 5.92 Å². The zero-order chi connectivity index (χ0) is 27.0. The van der Waals surface area contributed by atoms with Crippen molar-refractivity contribution in [3.8, 4) is 0 Å². The number of aromatic nitrogens is 1. The summed E-state index contributed by atoms with van der Waals surface area (Å²) in [4.78, 5) is 47.2. The number of pyridine rings is 1. The maximum absolute atomic E-state index is 13.5. The van der Waals surface area contributed by atoms with Gasteiger partial charge in [-0.05, 0) is 50.7 Å². The largest absolute Gasteiger partial charge is 0.465 e. The molecule has 3 aromatic rings. The fourth-order valence-corrected chi connectivity index (χ4v) is 6.82. The van der Waals surface area contributed by atoms with Gasteiger partial charge in [0, 0.05) is 47.1 Å². The van der Waals surface area contributed by atoms with E-state index in [-0.39, 0.29) is 0 Å². The Morgan fingerprint density at radius 3 is 2.68 bits per heavy atom. The second kappa shape index (κ2) is 10.8. The zero-order valence-electron chi connectivity index (χ0n) is 22.3. The Hall–Kier alpha value is -3.30. The number of thiophene rings is 1. The Morgan fingerprint density at radius 1 is 1.13 bits per heavy atom. The first kappa shape index (κ1) is 26.3. The Labute approximate surface area is 226 Å². The lowest BCUT2D eigenvalue weighted by Gasteiger charge is -2.32.